The second-order valence-electron chi connectivity index (χ2n) is 14.6. The van der Waals surface area contributed by atoms with Crippen LogP contribution < -0.4 is 0 Å². The normalized spacial score (nSPS) is 40.0. The predicted octanol–water partition coefficient (Wildman–Crippen LogP) is 4.51. The molecule has 46 heavy (non-hydrogen) atoms. The van der Waals surface area contributed by atoms with E-state index in [2.05, 4.69) is 0 Å². The molecule has 3 fully saturated rings. The van der Waals surface area contributed by atoms with Crippen molar-refractivity contribution >= 4 is 23.9 Å². The number of allylic oxidation sites excluding steroid dienone is 1. The monoisotopic (exact) mass is 644 g/mol. The van der Waals surface area contributed by atoms with Gasteiger partial charge in [-0.2, -0.15) is 0 Å². The van der Waals surface area contributed by atoms with Crippen molar-refractivity contribution in [1.82, 2.24) is 0 Å². The van der Waals surface area contributed by atoms with E-state index in [1.165, 1.54) is 21.0 Å². The van der Waals surface area contributed by atoms with Crippen molar-refractivity contribution in [2.75, 3.05) is 13.7 Å². The van der Waals surface area contributed by atoms with E-state index in [1.807, 2.05) is 33.8 Å². The maximum atomic E-state index is 13.5. The van der Waals surface area contributed by atoms with Gasteiger partial charge < -0.3 is 33.2 Å². The van der Waals surface area contributed by atoms with Crippen LogP contribution in [-0.2, 0) is 42.9 Å². The van der Waals surface area contributed by atoms with Crippen molar-refractivity contribution in [2.45, 2.75) is 111 Å². The van der Waals surface area contributed by atoms with Crippen LogP contribution in [0.25, 0.3) is 0 Å². The molecule has 4 aliphatic rings. The third-order valence-electron chi connectivity index (χ3n) is 11.7. The summed E-state index contributed by atoms with van der Waals surface area (Å²) in [7, 11) is 1.32. The van der Waals surface area contributed by atoms with Crippen LogP contribution in [0.3, 0.4) is 0 Å². The number of esters is 4. The van der Waals surface area contributed by atoms with Gasteiger partial charge in [0.15, 0.2) is 0 Å². The van der Waals surface area contributed by atoms with E-state index in [1.54, 1.807) is 26.4 Å². The fraction of sp³-hybridized carbons (Fsp3) is 0.714. The van der Waals surface area contributed by atoms with Gasteiger partial charge >= 0.3 is 23.9 Å². The second kappa shape index (κ2) is 12.1. The van der Waals surface area contributed by atoms with Crippen LogP contribution in [0.1, 0.15) is 86.1 Å². The minimum Gasteiger partial charge on any atom is -0.472 e. The van der Waals surface area contributed by atoms with Crippen LogP contribution in [0.4, 0.5) is 0 Å². The quantitative estimate of drug-likeness (QED) is 0.242. The maximum Gasteiger partial charge on any atom is 0.308 e. The molecule has 1 aromatic heterocycles. The predicted molar refractivity (Wildman–Crippen MR) is 163 cm³/mol. The van der Waals surface area contributed by atoms with Gasteiger partial charge in [-0.1, -0.05) is 40.2 Å². The van der Waals surface area contributed by atoms with Gasteiger partial charge in [-0.15, -0.1) is 0 Å². The molecule has 254 valence electrons. The van der Waals surface area contributed by atoms with Crippen molar-refractivity contribution in [1.29, 1.82) is 0 Å². The number of carbonyl (C=O) groups is 4. The lowest BCUT2D eigenvalue weighted by molar-refractivity contribution is -0.261. The number of aliphatic hydroxyl groups is 1. The van der Waals surface area contributed by atoms with Gasteiger partial charge in [0.05, 0.1) is 44.4 Å². The summed E-state index contributed by atoms with van der Waals surface area (Å²) in [6.07, 6.45) is -0.433. The summed E-state index contributed by atoms with van der Waals surface area (Å²) in [4.78, 5) is 52.0. The molecule has 2 saturated carbocycles. The second-order valence-corrected chi connectivity index (χ2v) is 14.6. The molecule has 11 atom stereocenters. The standard InChI is InChI=1S/C35H48O11/c1-17(2)32(40)46-31-29-30-33(6,16-43-29)25(44-19(4)36)14-26(45-20(5)37)34(30,7)24(13-27(39)41-9)35(31,8)28-18(3)22(12-23(28)38)21-10-11-42-15-21/h10-11,15,17,22-26,29-31,38H,12-14,16H2,1-9H3/t22-,23+,24-,25-,26+,29-,30+,31-,33-,34+,35-/m1/s1. The zero-order chi connectivity index (χ0) is 33.9. The minimum absolute atomic E-state index is 0.117. The smallest absolute Gasteiger partial charge is 0.308 e. The highest BCUT2D eigenvalue weighted by Gasteiger charge is 2.77. The Bertz CT molecular complexity index is 1400. The number of rotatable bonds is 8. The van der Waals surface area contributed by atoms with Crippen LogP contribution in [0, 0.1) is 34.0 Å². The van der Waals surface area contributed by atoms with E-state index in [4.69, 9.17) is 28.1 Å². The molecule has 3 aliphatic carbocycles. The molecule has 0 bridgehead atoms. The number of hydrogen-bond acceptors (Lipinski definition) is 11. The fourth-order valence-corrected chi connectivity index (χ4v) is 9.85. The van der Waals surface area contributed by atoms with E-state index in [0.717, 1.165) is 11.1 Å². The van der Waals surface area contributed by atoms with Gasteiger partial charge in [0.25, 0.3) is 0 Å². The Morgan fingerprint density at radius 1 is 1.02 bits per heavy atom. The Labute approximate surface area is 270 Å². The van der Waals surface area contributed by atoms with E-state index in [0.29, 0.717) is 12.0 Å². The highest BCUT2D eigenvalue weighted by atomic mass is 16.6. The highest BCUT2D eigenvalue weighted by Crippen LogP contribution is 2.72. The Balaban J connectivity index is 1.81. The molecule has 1 N–H and O–H groups in total. The zero-order valence-corrected chi connectivity index (χ0v) is 28.3. The molecule has 0 aromatic carbocycles. The molecule has 0 unspecified atom stereocenters. The summed E-state index contributed by atoms with van der Waals surface area (Å²) >= 11 is 0. The van der Waals surface area contributed by atoms with Gasteiger partial charge in [-0.3, -0.25) is 19.2 Å². The minimum atomic E-state index is -1.19. The van der Waals surface area contributed by atoms with Crippen molar-refractivity contribution in [2.24, 2.45) is 34.0 Å². The van der Waals surface area contributed by atoms with Gasteiger partial charge in [-0.05, 0) is 36.5 Å². The lowest BCUT2D eigenvalue weighted by atomic mass is 9.39. The molecule has 2 heterocycles. The Hall–Kier alpha value is -3.18. The average Bonchev–Trinajstić information content (AvgIpc) is 3.70. The SMILES string of the molecule is COC(=O)C[C@H]1[C@](C)(C2=C(C)[C@H](c3ccoc3)C[C@@H]2O)[C@H](OC(=O)C(C)C)[C@@H]2OC[C@]3(C)[C@H](OC(C)=O)C[C@H](OC(C)=O)[C@@]1(C)[C@@H]23. The van der Waals surface area contributed by atoms with Crippen LogP contribution in [-0.4, -0.2) is 73.2 Å². The molecule has 0 spiro atoms. The van der Waals surface area contributed by atoms with E-state index >= 15 is 0 Å². The topological polar surface area (TPSA) is 148 Å². The Morgan fingerprint density at radius 2 is 1.67 bits per heavy atom. The lowest BCUT2D eigenvalue weighted by Gasteiger charge is -2.66. The van der Waals surface area contributed by atoms with Crippen LogP contribution in [0.5, 0.6) is 0 Å². The lowest BCUT2D eigenvalue weighted by Crippen LogP contribution is -2.72. The van der Waals surface area contributed by atoms with Gasteiger partial charge in [0.2, 0.25) is 0 Å². The van der Waals surface area contributed by atoms with Crippen molar-refractivity contribution in [3.63, 3.8) is 0 Å². The summed E-state index contributed by atoms with van der Waals surface area (Å²) < 4.78 is 35.8. The first kappa shape index (κ1) is 34.2. The highest BCUT2D eigenvalue weighted by molar-refractivity contribution is 5.73. The molecule has 1 aromatic rings. The number of carbonyl (C=O) groups excluding carboxylic acids is 4. The van der Waals surface area contributed by atoms with E-state index < -0.39 is 88.4 Å². The first-order valence-electron chi connectivity index (χ1n) is 16.2. The van der Waals surface area contributed by atoms with Crippen LogP contribution in [0.15, 0.2) is 34.2 Å². The van der Waals surface area contributed by atoms with Crippen LogP contribution >= 0.6 is 0 Å². The van der Waals surface area contributed by atoms with Crippen LogP contribution in [0.2, 0.25) is 0 Å². The largest absolute Gasteiger partial charge is 0.472 e. The molecule has 5 rings (SSSR count). The molecular weight excluding hydrogens is 596 g/mol. The Kier molecular flexibility index (Phi) is 9.00. The van der Waals surface area contributed by atoms with Crippen molar-refractivity contribution < 1.29 is 52.4 Å². The third-order valence-corrected chi connectivity index (χ3v) is 11.7. The fourth-order valence-electron chi connectivity index (χ4n) is 9.85. The Morgan fingerprint density at radius 3 is 2.24 bits per heavy atom. The molecule has 1 aliphatic heterocycles. The van der Waals surface area contributed by atoms with E-state index in [-0.39, 0.29) is 25.4 Å². The molecule has 1 saturated heterocycles. The summed E-state index contributed by atoms with van der Waals surface area (Å²) in [5.41, 5.74) is -0.500. The third kappa shape index (κ3) is 5.18. The summed E-state index contributed by atoms with van der Waals surface area (Å²) in [5.74, 6) is -3.75. The molecular formula is C35H48O11. The first-order valence-corrected chi connectivity index (χ1v) is 16.2. The number of aliphatic hydroxyl groups excluding tert-OH is 1. The summed E-state index contributed by atoms with van der Waals surface area (Å²) in [6, 6.07) is 1.87. The maximum absolute atomic E-state index is 13.5. The summed E-state index contributed by atoms with van der Waals surface area (Å²) in [5, 5.41) is 11.9. The molecule has 11 nitrogen and oxygen atoms in total. The van der Waals surface area contributed by atoms with Gasteiger partial charge in [0, 0.05) is 54.8 Å². The summed E-state index contributed by atoms with van der Waals surface area (Å²) in [6.45, 7) is 14.2. The molecule has 0 radical (unpaired) electrons. The van der Waals surface area contributed by atoms with Gasteiger partial charge in [0.1, 0.15) is 18.3 Å². The van der Waals surface area contributed by atoms with Crippen molar-refractivity contribution in [3.8, 4) is 0 Å². The van der Waals surface area contributed by atoms with Gasteiger partial charge in [-0.25, -0.2) is 0 Å². The number of methoxy groups -OCH3 is 1. The van der Waals surface area contributed by atoms with Crippen molar-refractivity contribution in [3.05, 3.63) is 35.3 Å². The zero-order valence-electron chi connectivity index (χ0n) is 28.3. The molecule has 11 heteroatoms. The first-order chi connectivity index (χ1) is 21.5. The molecule has 0 amide bonds. The van der Waals surface area contributed by atoms with E-state index in [9.17, 15) is 24.3 Å². The number of hydrogen-bond donors (Lipinski definition) is 1. The average molecular weight is 645 g/mol. The number of ether oxygens (including phenoxy) is 5. The number of furan rings is 1.